The molecule has 3 heteroatoms. The van der Waals surface area contributed by atoms with Crippen LogP contribution in [0, 0.1) is 18.8 Å². The quantitative estimate of drug-likeness (QED) is 0.512. The smallest absolute Gasteiger partial charge is 0.149 e. The summed E-state index contributed by atoms with van der Waals surface area (Å²) in [6, 6.07) is 18.7. The number of rotatable bonds is 4. The van der Waals surface area contributed by atoms with Crippen LogP contribution in [0.4, 0.5) is 0 Å². The lowest BCUT2D eigenvalue weighted by molar-refractivity contribution is 0.370. The lowest BCUT2D eigenvalue weighted by Crippen LogP contribution is -1.94. The van der Waals surface area contributed by atoms with E-state index in [1.165, 1.54) is 21.5 Å². The molecule has 0 amide bonds. The van der Waals surface area contributed by atoms with Gasteiger partial charge in [-0.3, -0.25) is 0 Å². The van der Waals surface area contributed by atoms with Crippen molar-refractivity contribution in [2.75, 3.05) is 12.4 Å². The Bertz CT molecular complexity index is 870. The molecule has 0 atom stereocenters. The van der Waals surface area contributed by atoms with Crippen molar-refractivity contribution in [2.24, 2.45) is 7.05 Å². The van der Waals surface area contributed by atoms with Crippen molar-refractivity contribution in [2.45, 2.75) is 11.9 Å². The Morgan fingerprint density at radius 1 is 1.04 bits per heavy atom. The summed E-state index contributed by atoms with van der Waals surface area (Å²) in [5.41, 5.74) is 2.45. The molecule has 0 aliphatic rings. The van der Waals surface area contributed by atoms with E-state index in [0.717, 1.165) is 11.5 Å². The van der Waals surface area contributed by atoms with Crippen LogP contribution in [0.1, 0.15) is 5.56 Å². The molecule has 0 fully saturated rings. The molecule has 0 bridgehead atoms. The van der Waals surface area contributed by atoms with Gasteiger partial charge in [0.05, 0.1) is 10.8 Å². The van der Waals surface area contributed by atoms with Crippen LogP contribution in [0.5, 0.6) is 5.75 Å². The van der Waals surface area contributed by atoms with Gasteiger partial charge in [-0.05, 0) is 36.8 Å². The van der Waals surface area contributed by atoms with E-state index in [2.05, 4.69) is 66.8 Å². The largest absolute Gasteiger partial charge is 0.481 e. The normalized spacial score (nSPS) is 10.3. The van der Waals surface area contributed by atoms with Gasteiger partial charge in [0.2, 0.25) is 0 Å². The number of aromatic nitrogens is 1. The maximum absolute atomic E-state index is 5.62. The van der Waals surface area contributed by atoms with E-state index >= 15 is 0 Å². The summed E-state index contributed by atoms with van der Waals surface area (Å²) < 4.78 is 7.84. The van der Waals surface area contributed by atoms with Gasteiger partial charge in [-0.1, -0.05) is 53.9 Å². The Hall–Kier alpha value is -2.31. The molecule has 1 aromatic heterocycles. The van der Waals surface area contributed by atoms with Crippen molar-refractivity contribution in [3.63, 3.8) is 0 Å². The molecule has 2 aromatic carbocycles. The van der Waals surface area contributed by atoms with E-state index in [4.69, 9.17) is 4.74 Å². The SMILES string of the molecule is Cc1cccc(OCC#CCSc2cc3ccccc3n2C)c1. The van der Waals surface area contributed by atoms with E-state index in [1.807, 2.05) is 18.2 Å². The third-order valence-electron chi connectivity index (χ3n) is 3.63. The molecule has 3 aromatic rings. The molecule has 0 radical (unpaired) electrons. The van der Waals surface area contributed by atoms with Crippen LogP contribution in [0.25, 0.3) is 10.9 Å². The van der Waals surface area contributed by atoms with Gasteiger partial charge in [0.1, 0.15) is 12.4 Å². The maximum Gasteiger partial charge on any atom is 0.149 e. The summed E-state index contributed by atoms with van der Waals surface area (Å²) >= 11 is 1.76. The first-order valence-electron chi connectivity index (χ1n) is 7.56. The molecule has 1 heterocycles. The second kappa shape index (κ2) is 7.30. The Labute approximate surface area is 141 Å². The molecule has 3 rings (SSSR count). The Morgan fingerprint density at radius 2 is 1.91 bits per heavy atom. The van der Waals surface area contributed by atoms with Crippen molar-refractivity contribution in [3.8, 4) is 17.6 Å². The number of para-hydroxylation sites is 1. The van der Waals surface area contributed by atoms with Crippen LogP contribution in [0.3, 0.4) is 0 Å². The average Bonchev–Trinajstić information content (AvgIpc) is 2.87. The van der Waals surface area contributed by atoms with Crippen molar-refractivity contribution < 1.29 is 4.74 Å². The maximum atomic E-state index is 5.62. The van der Waals surface area contributed by atoms with Gasteiger partial charge in [0.25, 0.3) is 0 Å². The minimum absolute atomic E-state index is 0.430. The molecule has 23 heavy (non-hydrogen) atoms. The van der Waals surface area contributed by atoms with Gasteiger partial charge in [0, 0.05) is 18.0 Å². The van der Waals surface area contributed by atoms with Gasteiger partial charge in [-0.2, -0.15) is 0 Å². The minimum Gasteiger partial charge on any atom is -0.481 e. The van der Waals surface area contributed by atoms with Gasteiger partial charge < -0.3 is 9.30 Å². The first-order valence-corrected chi connectivity index (χ1v) is 8.55. The van der Waals surface area contributed by atoms with Crippen molar-refractivity contribution >= 4 is 22.7 Å². The molecule has 0 spiro atoms. The van der Waals surface area contributed by atoms with Crippen LogP contribution in [0.15, 0.2) is 59.6 Å². The van der Waals surface area contributed by atoms with E-state index in [1.54, 1.807) is 11.8 Å². The zero-order valence-corrected chi connectivity index (χ0v) is 14.2. The Balaban J connectivity index is 1.52. The molecular formula is C20H19NOS. The Kier molecular flexibility index (Phi) is 4.95. The zero-order valence-electron chi connectivity index (χ0n) is 13.4. The highest BCUT2D eigenvalue weighted by Crippen LogP contribution is 2.25. The molecule has 0 unspecified atom stereocenters. The fourth-order valence-electron chi connectivity index (χ4n) is 2.44. The zero-order chi connectivity index (χ0) is 16.1. The molecule has 2 nitrogen and oxygen atoms in total. The van der Waals surface area contributed by atoms with Crippen LogP contribution in [0.2, 0.25) is 0 Å². The summed E-state index contributed by atoms with van der Waals surface area (Å²) in [5.74, 6) is 7.88. The number of thioether (sulfide) groups is 1. The van der Waals surface area contributed by atoms with Crippen LogP contribution in [-0.2, 0) is 7.05 Å². The van der Waals surface area contributed by atoms with Gasteiger partial charge in [-0.15, -0.1) is 0 Å². The van der Waals surface area contributed by atoms with Crippen molar-refractivity contribution in [3.05, 3.63) is 60.2 Å². The van der Waals surface area contributed by atoms with E-state index < -0.39 is 0 Å². The lowest BCUT2D eigenvalue weighted by atomic mass is 10.2. The number of nitrogens with zero attached hydrogens (tertiary/aromatic N) is 1. The third kappa shape index (κ3) is 3.91. The van der Waals surface area contributed by atoms with Crippen LogP contribution in [-0.4, -0.2) is 16.9 Å². The standard InChI is InChI=1S/C20H19NOS/c1-16-8-7-10-18(14-16)22-12-5-6-13-23-20-15-17-9-3-4-11-19(17)21(20)2/h3-4,7-11,14-15H,12-13H2,1-2H3. The molecular weight excluding hydrogens is 302 g/mol. The molecule has 0 N–H and O–H groups in total. The first-order chi connectivity index (χ1) is 11.2. The van der Waals surface area contributed by atoms with E-state index in [-0.39, 0.29) is 0 Å². The monoisotopic (exact) mass is 321 g/mol. The second-order valence-corrected chi connectivity index (χ2v) is 6.34. The predicted octanol–water partition coefficient (Wildman–Crippen LogP) is 4.66. The number of aryl methyl sites for hydroxylation is 2. The highest BCUT2D eigenvalue weighted by Gasteiger charge is 2.04. The summed E-state index contributed by atoms with van der Waals surface area (Å²) in [6.07, 6.45) is 0. The average molecular weight is 321 g/mol. The van der Waals surface area contributed by atoms with Crippen LogP contribution >= 0.6 is 11.8 Å². The molecule has 116 valence electrons. The first kappa shape index (κ1) is 15.6. The second-order valence-electron chi connectivity index (χ2n) is 5.35. The molecule has 0 aliphatic carbocycles. The molecule has 0 saturated heterocycles. The van der Waals surface area contributed by atoms with E-state index in [9.17, 15) is 0 Å². The summed E-state index contributed by atoms with van der Waals surface area (Å²) in [4.78, 5) is 0. The minimum atomic E-state index is 0.430. The number of fused-ring (bicyclic) bond motifs is 1. The predicted molar refractivity (Wildman–Crippen MR) is 98.1 cm³/mol. The molecule has 0 saturated carbocycles. The number of hydrogen-bond acceptors (Lipinski definition) is 2. The fourth-order valence-corrected chi connectivity index (χ4v) is 3.26. The van der Waals surface area contributed by atoms with Gasteiger partial charge in [0.15, 0.2) is 0 Å². The Morgan fingerprint density at radius 3 is 2.74 bits per heavy atom. The fraction of sp³-hybridized carbons (Fsp3) is 0.200. The highest BCUT2D eigenvalue weighted by atomic mass is 32.2. The van der Waals surface area contributed by atoms with Gasteiger partial charge in [-0.25, -0.2) is 0 Å². The number of hydrogen-bond donors (Lipinski definition) is 0. The highest BCUT2D eigenvalue weighted by molar-refractivity contribution is 7.99. The summed E-state index contributed by atoms with van der Waals surface area (Å²) in [7, 11) is 2.10. The van der Waals surface area contributed by atoms with Crippen molar-refractivity contribution in [1.29, 1.82) is 0 Å². The van der Waals surface area contributed by atoms with Crippen molar-refractivity contribution in [1.82, 2.24) is 4.57 Å². The number of benzene rings is 2. The third-order valence-corrected chi connectivity index (χ3v) is 4.60. The number of ether oxygens (including phenoxy) is 1. The van der Waals surface area contributed by atoms with Gasteiger partial charge >= 0.3 is 0 Å². The lowest BCUT2D eigenvalue weighted by Gasteiger charge is -2.02. The topological polar surface area (TPSA) is 14.2 Å². The van der Waals surface area contributed by atoms with Crippen LogP contribution < -0.4 is 4.74 Å². The molecule has 0 aliphatic heterocycles. The summed E-state index contributed by atoms with van der Waals surface area (Å²) in [6.45, 7) is 2.48. The summed E-state index contributed by atoms with van der Waals surface area (Å²) in [5, 5.41) is 2.51. The van der Waals surface area contributed by atoms with E-state index in [0.29, 0.717) is 6.61 Å².